The summed E-state index contributed by atoms with van der Waals surface area (Å²) >= 11 is 0. The Kier molecular flexibility index (Phi) is 10.9. The lowest BCUT2D eigenvalue weighted by Crippen LogP contribution is -2.42. The highest BCUT2D eigenvalue weighted by atomic mass is 28.3. The third-order valence-corrected chi connectivity index (χ3v) is 21.0. The van der Waals surface area contributed by atoms with Gasteiger partial charge in [-0.2, -0.15) is 0 Å². The molecular weight excluding hydrogens is 815 g/mol. The summed E-state index contributed by atoms with van der Waals surface area (Å²) in [5, 5.41) is 0. The highest BCUT2D eigenvalue weighted by Gasteiger charge is 2.49. The zero-order chi connectivity index (χ0) is 45.4. The van der Waals surface area contributed by atoms with Crippen LogP contribution in [0.2, 0.25) is 13.1 Å². The van der Waals surface area contributed by atoms with Crippen LogP contribution in [0.5, 0.6) is 0 Å². The second-order valence-corrected chi connectivity index (χ2v) is 25.8. The van der Waals surface area contributed by atoms with E-state index >= 15 is 0 Å². The van der Waals surface area contributed by atoms with Gasteiger partial charge in [-0.25, -0.2) is 0 Å². The quantitative estimate of drug-likeness (QED) is 0.141. The molecule has 4 heteroatoms. The molecule has 12 rings (SSSR count). The van der Waals surface area contributed by atoms with Gasteiger partial charge in [-0.05, 0) is 177 Å². The van der Waals surface area contributed by atoms with Crippen LogP contribution in [-0.4, -0.2) is 29.2 Å². The van der Waals surface area contributed by atoms with Crippen molar-refractivity contribution < 1.29 is 0 Å². The number of hydrogen-bond acceptors (Lipinski definition) is 3. The van der Waals surface area contributed by atoms with Crippen molar-refractivity contribution in [3.05, 3.63) is 193 Å². The Balaban J connectivity index is 0.000000191. The molecule has 0 saturated heterocycles. The van der Waals surface area contributed by atoms with Gasteiger partial charge in [0.25, 0.3) is 0 Å². The molecule has 2 unspecified atom stereocenters. The highest BCUT2D eigenvalue weighted by Crippen LogP contribution is 2.57. The average molecular weight is 882 g/mol. The Bertz CT molecular complexity index is 2840. The minimum atomic E-state index is -1.98. The fourth-order valence-corrected chi connectivity index (χ4v) is 18.7. The predicted octanol–water partition coefficient (Wildman–Crippen LogP) is 15.6. The Morgan fingerprint density at radius 2 is 0.818 bits per heavy atom. The summed E-state index contributed by atoms with van der Waals surface area (Å²) in [6, 6.07) is 40.4. The Morgan fingerprint density at radius 3 is 1.24 bits per heavy atom. The van der Waals surface area contributed by atoms with Gasteiger partial charge < -0.3 is 14.7 Å². The van der Waals surface area contributed by atoms with Crippen molar-refractivity contribution in [3.8, 4) is 0 Å². The summed E-state index contributed by atoms with van der Waals surface area (Å²) in [6.07, 6.45) is 19.7. The van der Waals surface area contributed by atoms with E-state index in [2.05, 4.69) is 197 Å². The average Bonchev–Trinajstić information content (AvgIpc) is 4.20. The van der Waals surface area contributed by atoms with Gasteiger partial charge in [0.05, 0.1) is 19.4 Å². The van der Waals surface area contributed by atoms with Crippen molar-refractivity contribution in [1.29, 1.82) is 0 Å². The van der Waals surface area contributed by atoms with E-state index in [1.54, 1.807) is 55.7 Å². The van der Waals surface area contributed by atoms with Crippen LogP contribution in [0, 0.1) is 0 Å². The normalized spacial score (nSPS) is 18.3. The number of fused-ring (bicyclic) bond motifs is 6. The molecule has 6 aromatic rings. The Hall–Kier alpha value is -5.84. The molecule has 334 valence electrons. The lowest BCUT2D eigenvalue weighted by molar-refractivity contribution is 0.909. The molecule has 6 aromatic carbocycles. The lowest BCUT2D eigenvalue weighted by Gasteiger charge is -2.40. The molecule has 0 amide bonds. The van der Waals surface area contributed by atoms with Gasteiger partial charge in [-0.1, -0.05) is 121 Å². The van der Waals surface area contributed by atoms with Crippen molar-refractivity contribution >= 4 is 60.4 Å². The smallest absolute Gasteiger partial charge is 0.0722 e. The van der Waals surface area contributed by atoms with E-state index in [1.165, 1.54) is 120 Å². The standard InChI is InChI=1S/C42H46N2Si.C20H21N/c1-27-23-35-37(25-29-15-13-21-33(29)39(35)43(3)31-17-9-7-10-18-31)41(27)45(5,6)42-28(2)24-36-38(42)26-30-16-14-22-34(30)40(36)44(4)32-19-11-8-12-20-32;1-14-11-16-13-15-7-6-10-18(15)20(19(16)12-14)21(2)17-8-4-3-5-9-17/h7-12,17-20,23-26,41-42H,13-16,21-22H2,1-6H3;3-5,8-9,11,13H,6-7,10,12H2,1-2H3. The van der Waals surface area contributed by atoms with E-state index in [0.717, 1.165) is 6.42 Å². The maximum Gasteiger partial charge on any atom is 0.0722 e. The lowest BCUT2D eigenvalue weighted by atomic mass is 9.97. The monoisotopic (exact) mass is 882 g/mol. The zero-order valence-electron chi connectivity index (χ0n) is 40.7. The molecule has 6 aliphatic carbocycles. The van der Waals surface area contributed by atoms with Crippen LogP contribution >= 0.6 is 0 Å². The molecule has 6 aliphatic rings. The number of rotatable bonds is 8. The Morgan fingerprint density at radius 1 is 0.439 bits per heavy atom. The minimum Gasteiger partial charge on any atom is -0.344 e. The maximum absolute atomic E-state index is 2.70. The number of anilines is 6. The first kappa shape index (κ1) is 42.8. The molecule has 0 spiro atoms. The molecule has 0 N–H and O–H groups in total. The zero-order valence-corrected chi connectivity index (χ0v) is 41.7. The van der Waals surface area contributed by atoms with Gasteiger partial charge in [-0.3, -0.25) is 0 Å². The van der Waals surface area contributed by atoms with Crippen molar-refractivity contribution in [3.63, 3.8) is 0 Å². The van der Waals surface area contributed by atoms with Gasteiger partial charge >= 0.3 is 0 Å². The predicted molar refractivity (Wildman–Crippen MR) is 287 cm³/mol. The third kappa shape index (κ3) is 7.05. The highest BCUT2D eigenvalue weighted by molar-refractivity contribution is 6.81. The van der Waals surface area contributed by atoms with E-state index in [-0.39, 0.29) is 0 Å². The number of allylic oxidation sites excluding steroid dienone is 3. The fourth-order valence-electron chi connectivity index (χ4n) is 13.8. The van der Waals surface area contributed by atoms with Gasteiger partial charge in [0.1, 0.15) is 0 Å². The molecule has 0 saturated carbocycles. The van der Waals surface area contributed by atoms with Crippen molar-refractivity contribution in [2.24, 2.45) is 0 Å². The summed E-state index contributed by atoms with van der Waals surface area (Å²) in [5.74, 6) is 0. The summed E-state index contributed by atoms with van der Waals surface area (Å²) in [4.78, 5) is 7.36. The van der Waals surface area contributed by atoms with E-state index in [4.69, 9.17) is 0 Å². The molecule has 0 heterocycles. The van der Waals surface area contributed by atoms with Crippen LogP contribution in [-0.2, 0) is 44.9 Å². The summed E-state index contributed by atoms with van der Waals surface area (Å²) < 4.78 is 0. The minimum absolute atomic E-state index is 0.504. The first-order valence-electron chi connectivity index (χ1n) is 24.9. The first-order chi connectivity index (χ1) is 32.0. The number of nitrogens with zero attached hydrogens (tertiary/aromatic N) is 3. The fraction of sp³-hybridized carbons (Fsp3) is 0.323. The number of benzene rings is 6. The van der Waals surface area contributed by atoms with Gasteiger partial charge in [-0.15, -0.1) is 0 Å². The molecule has 0 fully saturated rings. The van der Waals surface area contributed by atoms with Crippen LogP contribution in [0.3, 0.4) is 0 Å². The van der Waals surface area contributed by atoms with Crippen molar-refractivity contribution in [1.82, 2.24) is 0 Å². The van der Waals surface area contributed by atoms with Crippen molar-refractivity contribution in [2.75, 3.05) is 35.8 Å². The molecular formula is C62H67N3Si. The van der Waals surface area contributed by atoms with E-state index < -0.39 is 8.07 Å². The SMILES string of the molecule is CC1=Cc2c(cc3c(c2N(C)c2ccccc2)CCC3)C1[Si](C)(C)C1C(C)=Cc2c1cc1c(c2N(C)c2ccccc2)CCC1.CC1=Cc2cc3c(c(N(C)c4ccccc4)c2C1)CCC3. The summed E-state index contributed by atoms with van der Waals surface area (Å²) in [5.41, 5.74) is 32.5. The molecule has 3 nitrogen and oxygen atoms in total. The van der Waals surface area contributed by atoms with Gasteiger partial charge in [0.15, 0.2) is 0 Å². The molecule has 0 aromatic heterocycles. The molecule has 0 aliphatic heterocycles. The Labute approximate surface area is 396 Å². The van der Waals surface area contributed by atoms with Crippen LogP contribution in [0.4, 0.5) is 34.1 Å². The summed E-state index contributed by atoms with van der Waals surface area (Å²) in [7, 11) is 4.81. The maximum atomic E-state index is 2.70. The molecule has 66 heavy (non-hydrogen) atoms. The van der Waals surface area contributed by atoms with Crippen LogP contribution in [0.25, 0.3) is 18.2 Å². The van der Waals surface area contributed by atoms with E-state index in [9.17, 15) is 0 Å². The van der Waals surface area contributed by atoms with Crippen LogP contribution in [0.1, 0.15) is 118 Å². The second-order valence-electron chi connectivity index (χ2n) is 21.0. The first-order valence-corrected chi connectivity index (χ1v) is 28.1. The second kappa shape index (κ2) is 16.8. The largest absolute Gasteiger partial charge is 0.344 e. The molecule has 0 radical (unpaired) electrons. The van der Waals surface area contributed by atoms with Gasteiger partial charge in [0.2, 0.25) is 0 Å². The number of aryl methyl sites for hydroxylation is 3. The van der Waals surface area contributed by atoms with E-state index in [1.807, 2.05) is 0 Å². The van der Waals surface area contributed by atoms with Crippen LogP contribution < -0.4 is 14.7 Å². The van der Waals surface area contributed by atoms with Crippen LogP contribution in [0.15, 0.2) is 126 Å². The van der Waals surface area contributed by atoms with Gasteiger partial charge in [0, 0.05) is 66.1 Å². The molecule has 2 atom stereocenters. The third-order valence-electron chi connectivity index (χ3n) is 16.5. The number of para-hydroxylation sites is 3. The topological polar surface area (TPSA) is 9.72 Å². The van der Waals surface area contributed by atoms with Crippen molar-refractivity contribution in [2.45, 2.75) is 109 Å². The van der Waals surface area contributed by atoms with E-state index in [0.29, 0.717) is 11.1 Å². The molecule has 0 bridgehead atoms. The number of hydrogen-bond donors (Lipinski definition) is 0. The summed E-state index contributed by atoms with van der Waals surface area (Å²) in [6.45, 7) is 12.5.